The van der Waals surface area contributed by atoms with Gasteiger partial charge in [0.15, 0.2) is 0 Å². The SMILES string of the molecule is Cc1nc(OCc2ccccc2)ccc1C(=O)Nc1nnc(-c2ccncc2)s1. The van der Waals surface area contributed by atoms with Gasteiger partial charge in [-0.2, -0.15) is 0 Å². The number of amides is 1. The predicted molar refractivity (Wildman–Crippen MR) is 111 cm³/mol. The Morgan fingerprint density at radius 3 is 2.59 bits per heavy atom. The number of aromatic nitrogens is 4. The lowest BCUT2D eigenvalue weighted by Gasteiger charge is -2.09. The Labute approximate surface area is 171 Å². The number of nitrogens with one attached hydrogen (secondary N) is 1. The third-order valence-corrected chi connectivity index (χ3v) is 4.99. The molecule has 1 N–H and O–H groups in total. The van der Waals surface area contributed by atoms with Gasteiger partial charge in [-0.25, -0.2) is 4.98 Å². The van der Waals surface area contributed by atoms with Crippen LogP contribution in [0.15, 0.2) is 67.0 Å². The van der Waals surface area contributed by atoms with E-state index in [4.69, 9.17) is 4.74 Å². The zero-order valence-electron chi connectivity index (χ0n) is 15.6. The average molecular weight is 403 g/mol. The van der Waals surface area contributed by atoms with Crippen molar-refractivity contribution in [3.05, 3.63) is 83.8 Å². The lowest BCUT2D eigenvalue weighted by Crippen LogP contribution is -2.14. The molecule has 0 unspecified atom stereocenters. The van der Waals surface area contributed by atoms with Gasteiger partial charge in [-0.15, -0.1) is 10.2 Å². The van der Waals surface area contributed by atoms with Crippen molar-refractivity contribution in [3.63, 3.8) is 0 Å². The van der Waals surface area contributed by atoms with E-state index in [2.05, 4.69) is 25.5 Å². The number of nitrogens with zero attached hydrogens (tertiary/aromatic N) is 4. The fourth-order valence-electron chi connectivity index (χ4n) is 2.64. The van der Waals surface area contributed by atoms with Crippen LogP contribution in [0.2, 0.25) is 0 Å². The molecule has 3 aromatic heterocycles. The number of carbonyl (C=O) groups excluding carboxylic acids is 1. The summed E-state index contributed by atoms with van der Waals surface area (Å²) in [5, 5.41) is 12.1. The van der Waals surface area contributed by atoms with Crippen molar-refractivity contribution < 1.29 is 9.53 Å². The molecule has 144 valence electrons. The molecule has 0 aliphatic rings. The smallest absolute Gasteiger partial charge is 0.259 e. The highest BCUT2D eigenvalue weighted by Gasteiger charge is 2.14. The minimum absolute atomic E-state index is 0.290. The van der Waals surface area contributed by atoms with Gasteiger partial charge in [0.2, 0.25) is 11.0 Å². The van der Waals surface area contributed by atoms with Crippen molar-refractivity contribution in [1.82, 2.24) is 20.2 Å². The predicted octanol–water partition coefficient (Wildman–Crippen LogP) is 4.13. The van der Waals surface area contributed by atoms with Gasteiger partial charge in [0.25, 0.3) is 5.91 Å². The van der Waals surface area contributed by atoms with Gasteiger partial charge in [0.1, 0.15) is 11.6 Å². The molecule has 7 nitrogen and oxygen atoms in total. The number of aryl methyl sites for hydroxylation is 1. The fourth-order valence-corrected chi connectivity index (χ4v) is 3.38. The number of carbonyl (C=O) groups is 1. The van der Waals surface area contributed by atoms with Crippen LogP contribution in [0.4, 0.5) is 5.13 Å². The summed E-state index contributed by atoms with van der Waals surface area (Å²) in [5.74, 6) is 0.181. The van der Waals surface area contributed by atoms with Crippen molar-refractivity contribution in [2.45, 2.75) is 13.5 Å². The summed E-state index contributed by atoms with van der Waals surface area (Å²) >= 11 is 1.30. The number of pyridine rings is 2. The highest BCUT2D eigenvalue weighted by molar-refractivity contribution is 7.18. The van der Waals surface area contributed by atoms with Gasteiger partial charge >= 0.3 is 0 Å². The number of hydrogen-bond donors (Lipinski definition) is 1. The quantitative estimate of drug-likeness (QED) is 0.520. The molecular formula is C21H17N5O2S. The zero-order chi connectivity index (χ0) is 20.1. The first-order valence-corrected chi connectivity index (χ1v) is 9.70. The van der Waals surface area contributed by atoms with E-state index in [9.17, 15) is 4.79 Å². The van der Waals surface area contributed by atoms with E-state index in [0.717, 1.165) is 11.1 Å². The lowest BCUT2D eigenvalue weighted by atomic mass is 10.2. The number of anilines is 1. The van der Waals surface area contributed by atoms with E-state index < -0.39 is 0 Å². The minimum Gasteiger partial charge on any atom is -0.473 e. The largest absolute Gasteiger partial charge is 0.473 e. The Morgan fingerprint density at radius 2 is 1.83 bits per heavy atom. The molecule has 1 aromatic carbocycles. The highest BCUT2D eigenvalue weighted by atomic mass is 32.1. The van der Waals surface area contributed by atoms with Crippen LogP contribution in [-0.4, -0.2) is 26.1 Å². The second-order valence-electron chi connectivity index (χ2n) is 6.16. The maximum Gasteiger partial charge on any atom is 0.259 e. The van der Waals surface area contributed by atoms with E-state index in [0.29, 0.717) is 33.9 Å². The first-order chi connectivity index (χ1) is 14.2. The second kappa shape index (κ2) is 8.57. The first kappa shape index (κ1) is 18.7. The second-order valence-corrected chi connectivity index (χ2v) is 7.14. The van der Waals surface area contributed by atoms with Crippen LogP contribution in [0.3, 0.4) is 0 Å². The molecule has 8 heteroatoms. The van der Waals surface area contributed by atoms with Gasteiger partial charge in [-0.3, -0.25) is 15.1 Å². The molecule has 0 aliphatic heterocycles. The molecule has 0 atom stereocenters. The number of rotatable bonds is 6. The summed E-state index contributed by atoms with van der Waals surface area (Å²) < 4.78 is 5.71. The van der Waals surface area contributed by atoms with Crippen LogP contribution in [0.5, 0.6) is 5.88 Å². The van der Waals surface area contributed by atoms with Crippen molar-refractivity contribution in [1.29, 1.82) is 0 Å². The molecule has 4 aromatic rings. The Hall–Kier alpha value is -3.65. The van der Waals surface area contributed by atoms with Gasteiger partial charge in [0.05, 0.1) is 11.3 Å². The van der Waals surface area contributed by atoms with E-state index in [1.165, 1.54) is 11.3 Å². The monoisotopic (exact) mass is 403 g/mol. The fraction of sp³-hybridized carbons (Fsp3) is 0.0952. The van der Waals surface area contributed by atoms with Crippen LogP contribution in [0.1, 0.15) is 21.6 Å². The van der Waals surface area contributed by atoms with E-state index >= 15 is 0 Å². The number of ether oxygens (including phenoxy) is 1. The average Bonchev–Trinajstić information content (AvgIpc) is 3.22. The number of benzene rings is 1. The third-order valence-electron chi connectivity index (χ3n) is 4.11. The van der Waals surface area contributed by atoms with Gasteiger partial charge in [-0.1, -0.05) is 41.7 Å². The highest BCUT2D eigenvalue weighted by Crippen LogP contribution is 2.26. The first-order valence-electron chi connectivity index (χ1n) is 8.88. The van der Waals surface area contributed by atoms with Crippen LogP contribution in [0.25, 0.3) is 10.6 Å². The maximum absolute atomic E-state index is 12.6. The molecule has 4 rings (SSSR count). The maximum atomic E-state index is 12.6. The Kier molecular flexibility index (Phi) is 5.53. The van der Waals surface area contributed by atoms with E-state index in [1.54, 1.807) is 31.5 Å². The summed E-state index contributed by atoms with van der Waals surface area (Å²) in [6.07, 6.45) is 3.37. The van der Waals surface area contributed by atoms with Crippen LogP contribution >= 0.6 is 11.3 Å². The standard InChI is InChI=1S/C21H17N5O2S/c1-14-17(7-8-18(23-14)28-13-15-5-3-2-4-6-15)19(27)24-21-26-25-20(29-21)16-9-11-22-12-10-16/h2-12H,13H2,1H3,(H,24,26,27). The summed E-state index contributed by atoms with van der Waals surface area (Å²) in [7, 11) is 0. The van der Waals surface area contributed by atoms with Crippen molar-refractivity contribution >= 4 is 22.4 Å². The molecule has 0 bridgehead atoms. The van der Waals surface area contributed by atoms with Crippen LogP contribution in [0, 0.1) is 6.92 Å². The normalized spacial score (nSPS) is 10.5. The Balaban J connectivity index is 1.42. The van der Waals surface area contributed by atoms with Crippen molar-refractivity contribution in [2.24, 2.45) is 0 Å². The van der Waals surface area contributed by atoms with Gasteiger partial charge in [-0.05, 0) is 30.7 Å². The lowest BCUT2D eigenvalue weighted by molar-refractivity contribution is 0.102. The molecule has 29 heavy (non-hydrogen) atoms. The minimum atomic E-state index is -0.290. The summed E-state index contributed by atoms with van der Waals surface area (Å²) in [4.78, 5) is 21.0. The number of hydrogen-bond acceptors (Lipinski definition) is 7. The van der Waals surface area contributed by atoms with Crippen molar-refractivity contribution in [2.75, 3.05) is 5.32 Å². The molecule has 0 saturated carbocycles. The van der Waals surface area contributed by atoms with Crippen molar-refractivity contribution in [3.8, 4) is 16.5 Å². The molecule has 0 radical (unpaired) electrons. The molecule has 1 amide bonds. The third kappa shape index (κ3) is 4.61. The summed E-state index contributed by atoms with van der Waals surface area (Å²) in [6.45, 7) is 2.19. The van der Waals surface area contributed by atoms with Crippen LogP contribution in [-0.2, 0) is 6.61 Å². The van der Waals surface area contributed by atoms with E-state index in [-0.39, 0.29) is 5.91 Å². The topological polar surface area (TPSA) is 89.9 Å². The summed E-state index contributed by atoms with van der Waals surface area (Å²) in [5.41, 5.74) is 2.98. The molecule has 0 fully saturated rings. The Bertz CT molecular complexity index is 1120. The summed E-state index contributed by atoms with van der Waals surface area (Å²) in [6, 6.07) is 16.9. The molecule has 0 aliphatic carbocycles. The molecular weight excluding hydrogens is 386 g/mol. The molecule has 0 spiro atoms. The van der Waals surface area contributed by atoms with Crippen LogP contribution < -0.4 is 10.1 Å². The van der Waals surface area contributed by atoms with Gasteiger partial charge < -0.3 is 4.74 Å². The molecule has 3 heterocycles. The zero-order valence-corrected chi connectivity index (χ0v) is 16.4. The molecule has 0 saturated heterocycles. The Morgan fingerprint density at radius 1 is 1.03 bits per heavy atom. The van der Waals surface area contributed by atoms with E-state index in [1.807, 2.05) is 42.5 Å². The van der Waals surface area contributed by atoms with Gasteiger partial charge in [0, 0.05) is 24.0 Å².